The van der Waals surface area contributed by atoms with Gasteiger partial charge in [-0.1, -0.05) is 41.8 Å². The van der Waals surface area contributed by atoms with E-state index in [4.69, 9.17) is 6.42 Å². The lowest BCUT2D eigenvalue weighted by molar-refractivity contribution is 1.27. The van der Waals surface area contributed by atoms with Gasteiger partial charge in [0.05, 0.1) is 5.69 Å². The van der Waals surface area contributed by atoms with E-state index in [9.17, 15) is 0 Å². The van der Waals surface area contributed by atoms with Crippen molar-refractivity contribution in [2.75, 3.05) is 4.90 Å². The summed E-state index contributed by atoms with van der Waals surface area (Å²) in [6.45, 7) is 2.09. The molecule has 0 aliphatic carbocycles. The van der Waals surface area contributed by atoms with Gasteiger partial charge in [-0.3, -0.25) is 0 Å². The standard InChI is InChI=1S/C23H18N2/c1-3-4-18-24-20-12-16-23(17-13-20)25(21-8-6-5-7-9-21)22-14-10-19(2)11-15-22/h1,4-17H,2H3. The molecule has 0 N–H and O–H groups in total. The molecule has 25 heavy (non-hydrogen) atoms. The molecule has 0 fully saturated rings. The molecule has 0 spiro atoms. The van der Waals surface area contributed by atoms with Crippen LogP contribution in [0.2, 0.25) is 0 Å². The van der Waals surface area contributed by atoms with Gasteiger partial charge in [0, 0.05) is 23.1 Å². The maximum Gasteiger partial charge on any atom is 0.0731 e. The van der Waals surface area contributed by atoms with Gasteiger partial charge in [-0.25, -0.2) is 4.99 Å². The summed E-state index contributed by atoms with van der Waals surface area (Å²) in [6, 6.07) is 26.8. The Morgan fingerprint density at radius 3 is 1.96 bits per heavy atom. The highest BCUT2D eigenvalue weighted by Gasteiger charge is 2.11. The van der Waals surface area contributed by atoms with E-state index in [-0.39, 0.29) is 0 Å². The van der Waals surface area contributed by atoms with Gasteiger partial charge in [-0.15, -0.1) is 6.42 Å². The molecule has 0 saturated carbocycles. The normalized spacial score (nSPS) is 9.60. The fraction of sp³-hybridized carbons (Fsp3) is 0.0435. The molecular weight excluding hydrogens is 304 g/mol. The Labute approximate surface area is 148 Å². The van der Waals surface area contributed by atoms with Crippen LogP contribution < -0.4 is 4.90 Å². The van der Waals surface area contributed by atoms with Crippen LogP contribution in [0, 0.1) is 19.3 Å². The molecule has 3 aromatic carbocycles. The van der Waals surface area contributed by atoms with Gasteiger partial charge in [0.2, 0.25) is 0 Å². The molecule has 2 heteroatoms. The van der Waals surface area contributed by atoms with Crippen LogP contribution in [0.15, 0.2) is 89.9 Å². The zero-order valence-electron chi connectivity index (χ0n) is 14.1. The molecule has 0 unspecified atom stereocenters. The van der Waals surface area contributed by atoms with Gasteiger partial charge >= 0.3 is 0 Å². The number of hydrogen-bond acceptors (Lipinski definition) is 2. The van der Waals surface area contributed by atoms with Gasteiger partial charge in [-0.2, -0.15) is 0 Å². The SMILES string of the molecule is C#CC=C=Nc1ccc(N(c2ccccc2)c2ccc(C)cc2)cc1. The Balaban J connectivity index is 2.02. The monoisotopic (exact) mass is 322 g/mol. The number of aliphatic imine (C=N–C) groups is 1. The largest absolute Gasteiger partial charge is 0.311 e. The minimum Gasteiger partial charge on any atom is -0.311 e. The van der Waals surface area contributed by atoms with Crippen LogP contribution in [0.4, 0.5) is 22.7 Å². The second-order valence-corrected chi connectivity index (χ2v) is 5.57. The second kappa shape index (κ2) is 7.84. The molecule has 0 radical (unpaired) electrons. The summed E-state index contributed by atoms with van der Waals surface area (Å²) >= 11 is 0. The lowest BCUT2D eigenvalue weighted by Crippen LogP contribution is -2.09. The number of rotatable bonds is 4. The summed E-state index contributed by atoms with van der Waals surface area (Å²) < 4.78 is 0. The van der Waals surface area contributed by atoms with E-state index in [0.717, 1.165) is 22.7 Å². The zero-order valence-corrected chi connectivity index (χ0v) is 14.1. The third-order valence-corrected chi connectivity index (χ3v) is 3.76. The quantitative estimate of drug-likeness (QED) is 0.428. The number of hydrogen-bond donors (Lipinski definition) is 0. The number of aryl methyl sites for hydroxylation is 1. The summed E-state index contributed by atoms with van der Waals surface area (Å²) in [5.74, 6) is 5.10. The van der Waals surface area contributed by atoms with Gasteiger partial charge in [-0.05, 0) is 61.3 Å². The molecule has 0 heterocycles. The molecule has 0 saturated heterocycles. The Kier molecular flexibility index (Phi) is 5.12. The Morgan fingerprint density at radius 2 is 1.36 bits per heavy atom. The molecule has 2 nitrogen and oxygen atoms in total. The molecule has 3 aromatic rings. The van der Waals surface area contributed by atoms with Crippen LogP contribution in [0.25, 0.3) is 0 Å². The highest BCUT2D eigenvalue weighted by atomic mass is 15.1. The highest BCUT2D eigenvalue weighted by molar-refractivity contribution is 5.77. The summed E-state index contributed by atoms with van der Waals surface area (Å²) in [5.41, 5.74) is 5.33. The fourth-order valence-corrected chi connectivity index (χ4v) is 2.54. The van der Waals surface area contributed by atoms with Crippen LogP contribution in [0.1, 0.15) is 5.56 Å². The van der Waals surface area contributed by atoms with E-state index in [0.29, 0.717) is 0 Å². The van der Waals surface area contributed by atoms with Crippen molar-refractivity contribution in [3.8, 4) is 12.3 Å². The van der Waals surface area contributed by atoms with Gasteiger partial charge < -0.3 is 4.90 Å². The Morgan fingerprint density at radius 1 is 0.800 bits per heavy atom. The number of nitrogens with zero attached hydrogens (tertiary/aromatic N) is 2. The van der Waals surface area contributed by atoms with E-state index in [1.54, 1.807) is 0 Å². The van der Waals surface area contributed by atoms with E-state index >= 15 is 0 Å². The lowest BCUT2D eigenvalue weighted by Gasteiger charge is -2.25. The first kappa shape index (κ1) is 16.3. The third-order valence-electron chi connectivity index (χ3n) is 3.76. The van der Waals surface area contributed by atoms with Crippen molar-refractivity contribution in [1.82, 2.24) is 0 Å². The van der Waals surface area contributed by atoms with E-state index in [1.807, 2.05) is 42.5 Å². The zero-order chi connectivity index (χ0) is 17.5. The fourth-order valence-electron chi connectivity index (χ4n) is 2.54. The number of para-hydroxylation sites is 1. The Hall–Kier alpha value is -3.53. The van der Waals surface area contributed by atoms with Crippen molar-refractivity contribution in [3.63, 3.8) is 0 Å². The lowest BCUT2D eigenvalue weighted by atomic mass is 10.1. The van der Waals surface area contributed by atoms with Crippen molar-refractivity contribution in [2.45, 2.75) is 6.92 Å². The highest BCUT2D eigenvalue weighted by Crippen LogP contribution is 2.35. The Bertz CT molecular complexity index is 924. The maximum absolute atomic E-state index is 5.16. The third kappa shape index (κ3) is 4.06. The maximum atomic E-state index is 5.16. The summed E-state index contributed by atoms with van der Waals surface area (Å²) in [7, 11) is 0. The summed E-state index contributed by atoms with van der Waals surface area (Å²) in [4.78, 5) is 6.40. The average Bonchev–Trinajstić information content (AvgIpc) is 2.66. The number of allylic oxidation sites excluding steroid dienone is 1. The van der Waals surface area contributed by atoms with Crippen LogP contribution in [0.3, 0.4) is 0 Å². The van der Waals surface area contributed by atoms with Crippen molar-refractivity contribution >= 4 is 28.6 Å². The molecule has 0 atom stereocenters. The van der Waals surface area contributed by atoms with Crippen molar-refractivity contribution in [2.24, 2.45) is 4.99 Å². The van der Waals surface area contributed by atoms with E-state index < -0.39 is 0 Å². The minimum absolute atomic E-state index is 0.812. The predicted molar refractivity (Wildman–Crippen MR) is 106 cm³/mol. The van der Waals surface area contributed by atoms with Crippen molar-refractivity contribution in [1.29, 1.82) is 0 Å². The smallest absolute Gasteiger partial charge is 0.0731 e. The van der Waals surface area contributed by atoms with E-state index in [1.165, 1.54) is 11.6 Å². The number of benzene rings is 3. The van der Waals surface area contributed by atoms with Crippen LogP contribution in [-0.4, -0.2) is 5.87 Å². The first-order valence-electron chi connectivity index (χ1n) is 8.04. The average molecular weight is 322 g/mol. The van der Waals surface area contributed by atoms with Gasteiger partial charge in [0.25, 0.3) is 0 Å². The first-order chi connectivity index (χ1) is 12.3. The molecular formula is C23H18N2. The molecule has 0 bridgehead atoms. The van der Waals surface area contributed by atoms with Gasteiger partial charge in [0.15, 0.2) is 0 Å². The summed E-state index contributed by atoms with van der Waals surface area (Å²) in [5, 5.41) is 0. The topological polar surface area (TPSA) is 15.6 Å². The molecule has 0 aliphatic rings. The molecule has 0 aromatic heterocycles. The minimum atomic E-state index is 0.812. The van der Waals surface area contributed by atoms with Crippen molar-refractivity contribution in [3.05, 3.63) is 90.5 Å². The van der Waals surface area contributed by atoms with Crippen LogP contribution >= 0.6 is 0 Å². The van der Waals surface area contributed by atoms with Crippen LogP contribution in [-0.2, 0) is 0 Å². The van der Waals surface area contributed by atoms with Gasteiger partial charge in [0.1, 0.15) is 0 Å². The second-order valence-electron chi connectivity index (χ2n) is 5.57. The number of terminal acetylenes is 1. The first-order valence-corrected chi connectivity index (χ1v) is 8.04. The molecule has 120 valence electrons. The molecule has 0 amide bonds. The van der Waals surface area contributed by atoms with E-state index in [2.05, 4.69) is 65.0 Å². The molecule has 0 aliphatic heterocycles. The number of anilines is 3. The van der Waals surface area contributed by atoms with Crippen molar-refractivity contribution < 1.29 is 0 Å². The molecule has 3 rings (SSSR count). The summed E-state index contributed by atoms with van der Waals surface area (Å²) in [6.07, 6.45) is 6.62. The van der Waals surface area contributed by atoms with Crippen LogP contribution in [0.5, 0.6) is 0 Å². The predicted octanol–water partition coefficient (Wildman–Crippen LogP) is 5.96.